The van der Waals surface area contributed by atoms with Gasteiger partial charge in [-0.15, -0.1) is 0 Å². The van der Waals surface area contributed by atoms with Crippen molar-refractivity contribution in [2.45, 2.75) is 85.0 Å². The number of aryl methyl sites for hydroxylation is 1. The van der Waals surface area contributed by atoms with Gasteiger partial charge in [0.25, 0.3) is 0 Å². The molecule has 170 valence electrons. The van der Waals surface area contributed by atoms with Crippen molar-refractivity contribution in [3.05, 3.63) is 64.3 Å². The summed E-state index contributed by atoms with van der Waals surface area (Å²) in [5.41, 5.74) is 4.44. The maximum atomic E-state index is 10.5. The summed E-state index contributed by atoms with van der Waals surface area (Å²) in [6, 6.07) is 3.41. The van der Waals surface area contributed by atoms with E-state index in [1.807, 2.05) is 45.9 Å². The summed E-state index contributed by atoms with van der Waals surface area (Å²) >= 11 is 0. The molecule has 31 heavy (non-hydrogen) atoms. The first kappa shape index (κ1) is 25.0. The maximum Gasteiger partial charge on any atom is 0.131 e. The van der Waals surface area contributed by atoms with E-state index in [4.69, 9.17) is 4.74 Å². The van der Waals surface area contributed by atoms with Crippen LogP contribution in [0.15, 0.2) is 53.2 Å². The van der Waals surface area contributed by atoms with Crippen LogP contribution in [0.2, 0.25) is 0 Å². The summed E-state index contributed by atoms with van der Waals surface area (Å²) in [6.07, 6.45) is 11.3. The Morgan fingerprint density at radius 1 is 1.10 bits per heavy atom. The number of allylic oxidation sites excluding steroid dienone is 4. The van der Waals surface area contributed by atoms with E-state index >= 15 is 0 Å². The minimum atomic E-state index is -0.917. The molecule has 1 aliphatic rings. The van der Waals surface area contributed by atoms with E-state index in [2.05, 4.69) is 19.9 Å². The minimum absolute atomic E-state index is 0.237. The highest BCUT2D eigenvalue weighted by Crippen LogP contribution is 2.38. The summed E-state index contributed by atoms with van der Waals surface area (Å²) in [4.78, 5) is 0. The fourth-order valence-electron chi connectivity index (χ4n) is 3.74. The molecule has 0 amide bonds. The molecule has 0 aliphatic carbocycles. The van der Waals surface area contributed by atoms with E-state index < -0.39 is 17.8 Å². The zero-order valence-corrected chi connectivity index (χ0v) is 19.8. The Hall–Kier alpha value is -2.30. The fourth-order valence-corrected chi connectivity index (χ4v) is 3.74. The number of ether oxygens (including phenoxy) is 1. The monoisotopic (exact) mass is 426 g/mol. The van der Waals surface area contributed by atoms with Gasteiger partial charge in [0.05, 0.1) is 0 Å². The average molecular weight is 427 g/mol. The van der Waals surface area contributed by atoms with Crippen molar-refractivity contribution in [1.29, 1.82) is 0 Å². The van der Waals surface area contributed by atoms with Crippen LogP contribution < -0.4 is 4.74 Å². The van der Waals surface area contributed by atoms with Gasteiger partial charge < -0.3 is 20.1 Å². The second-order valence-corrected chi connectivity index (χ2v) is 9.18. The van der Waals surface area contributed by atoms with Crippen molar-refractivity contribution in [1.82, 2.24) is 0 Å². The molecule has 1 aliphatic heterocycles. The largest absolute Gasteiger partial charge is 0.508 e. The first-order chi connectivity index (χ1) is 14.5. The van der Waals surface area contributed by atoms with Gasteiger partial charge in [-0.1, -0.05) is 35.5 Å². The van der Waals surface area contributed by atoms with Gasteiger partial charge in [0.1, 0.15) is 29.3 Å². The normalized spacial score (nSPS) is 20.6. The van der Waals surface area contributed by atoms with Crippen LogP contribution >= 0.6 is 0 Å². The lowest BCUT2D eigenvalue weighted by atomic mass is 9.93. The molecule has 0 saturated carbocycles. The third kappa shape index (κ3) is 7.41. The van der Waals surface area contributed by atoms with Gasteiger partial charge in [-0.3, -0.25) is 0 Å². The van der Waals surface area contributed by atoms with E-state index in [0.29, 0.717) is 6.42 Å². The van der Waals surface area contributed by atoms with Crippen LogP contribution in [0.3, 0.4) is 0 Å². The zero-order chi connectivity index (χ0) is 23.2. The topological polar surface area (TPSA) is 69.9 Å². The molecule has 3 N–H and O–H groups in total. The number of phenols is 1. The van der Waals surface area contributed by atoms with Gasteiger partial charge in [0.2, 0.25) is 0 Å². The predicted molar refractivity (Wildman–Crippen MR) is 128 cm³/mol. The Morgan fingerprint density at radius 3 is 2.48 bits per heavy atom. The highest BCUT2D eigenvalue weighted by Gasteiger charge is 2.28. The molecule has 1 aromatic carbocycles. The summed E-state index contributed by atoms with van der Waals surface area (Å²) in [5, 5.41) is 30.7. The number of aliphatic hydroxyl groups is 2. The van der Waals surface area contributed by atoms with Crippen LogP contribution in [0.4, 0.5) is 0 Å². The van der Waals surface area contributed by atoms with Crippen LogP contribution in [-0.2, 0) is 0 Å². The van der Waals surface area contributed by atoms with Gasteiger partial charge in [0.15, 0.2) is 0 Å². The van der Waals surface area contributed by atoms with Crippen LogP contribution in [0.25, 0.3) is 6.08 Å². The SMILES string of the molecule is CC(C)=CCCC(C)=C[C@H](O)[C@@H](O)C(C)=CCC[C@@]1(C)C=Cc2cc(O)cc(C)c2O1. The van der Waals surface area contributed by atoms with E-state index in [1.54, 1.807) is 18.2 Å². The van der Waals surface area contributed by atoms with E-state index in [-0.39, 0.29) is 5.75 Å². The molecule has 0 saturated heterocycles. The van der Waals surface area contributed by atoms with Crippen molar-refractivity contribution >= 4 is 6.08 Å². The number of aromatic hydroxyl groups is 1. The summed E-state index contributed by atoms with van der Waals surface area (Å²) < 4.78 is 6.25. The molecule has 0 aromatic heterocycles. The van der Waals surface area contributed by atoms with Crippen LogP contribution in [0.1, 0.15) is 71.4 Å². The molecular weight excluding hydrogens is 388 g/mol. The van der Waals surface area contributed by atoms with Gasteiger partial charge in [-0.2, -0.15) is 0 Å². The quantitative estimate of drug-likeness (QED) is 0.423. The lowest BCUT2D eigenvalue weighted by molar-refractivity contribution is 0.0721. The van der Waals surface area contributed by atoms with Crippen molar-refractivity contribution in [2.24, 2.45) is 0 Å². The molecule has 0 radical (unpaired) electrons. The first-order valence-corrected chi connectivity index (χ1v) is 11.1. The van der Waals surface area contributed by atoms with Gasteiger partial charge in [0, 0.05) is 5.56 Å². The highest BCUT2D eigenvalue weighted by molar-refractivity contribution is 5.65. The summed E-state index contributed by atoms with van der Waals surface area (Å²) in [6.45, 7) is 11.9. The number of phenolic OH excluding ortho intramolecular Hbond substituents is 1. The maximum absolute atomic E-state index is 10.5. The predicted octanol–water partition coefficient (Wildman–Crippen LogP) is 6.01. The summed E-state index contributed by atoms with van der Waals surface area (Å²) in [7, 11) is 0. The van der Waals surface area contributed by atoms with Crippen molar-refractivity contribution in [3.8, 4) is 11.5 Å². The number of hydrogen-bond donors (Lipinski definition) is 3. The smallest absolute Gasteiger partial charge is 0.131 e. The molecule has 1 aromatic rings. The Morgan fingerprint density at radius 2 is 1.81 bits per heavy atom. The average Bonchev–Trinajstić information content (AvgIpc) is 2.67. The first-order valence-electron chi connectivity index (χ1n) is 11.1. The highest BCUT2D eigenvalue weighted by atomic mass is 16.5. The zero-order valence-electron chi connectivity index (χ0n) is 19.8. The number of rotatable bonds is 9. The second-order valence-electron chi connectivity index (χ2n) is 9.18. The minimum Gasteiger partial charge on any atom is -0.508 e. The fraction of sp³-hybridized carbons (Fsp3) is 0.481. The molecule has 0 bridgehead atoms. The Labute approximate surface area is 187 Å². The molecule has 0 spiro atoms. The molecule has 4 heteroatoms. The van der Waals surface area contributed by atoms with E-state index in [9.17, 15) is 15.3 Å². The Balaban J connectivity index is 1.94. The number of aliphatic hydroxyl groups excluding tert-OH is 2. The molecule has 4 nitrogen and oxygen atoms in total. The molecule has 3 atom stereocenters. The number of hydrogen-bond acceptors (Lipinski definition) is 4. The Bertz CT molecular complexity index is 887. The van der Waals surface area contributed by atoms with Crippen molar-refractivity contribution in [2.75, 3.05) is 0 Å². The van der Waals surface area contributed by atoms with E-state index in [1.165, 1.54) is 5.57 Å². The third-order valence-electron chi connectivity index (χ3n) is 5.68. The molecule has 2 rings (SSSR count). The van der Waals surface area contributed by atoms with Crippen LogP contribution in [0, 0.1) is 6.92 Å². The molecule has 0 fully saturated rings. The molecular formula is C27H38O4. The Kier molecular flexibility index (Phi) is 8.72. The van der Waals surface area contributed by atoms with Gasteiger partial charge in [-0.05, 0) is 96.6 Å². The van der Waals surface area contributed by atoms with Gasteiger partial charge >= 0.3 is 0 Å². The lowest BCUT2D eigenvalue weighted by Crippen LogP contribution is -2.32. The van der Waals surface area contributed by atoms with E-state index in [0.717, 1.165) is 47.3 Å². The molecule has 1 heterocycles. The summed E-state index contributed by atoms with van der Waals surface area (Å²) in [5.74, 6) is 1.04. The van der Waals surface area contributed by atoms with Gasteiger partial charge in [-0.25, -0.2) is 0 Å². The standard InChI is InChI=1S/C27H38O4/c1-18(2)9-7-10-19(3)15-24(29)25(30)20(4)11-8-13-27(6)14-12-22-17-23(28)16-21(5)26(22)31-27/h9,11-12,14-17,24-25,28-30H,7-8,10,13H2,1-6H3/t24-,25-,27-/m0/s1. The van der Waals surface area contributed by atoms with Crippen molar-refractivity contribution in [3.63, 3.8) is 0 Å². The lowest BCUT2D eigenvalue weighted by Gasteiger charge is -2.32. The van der Waals surface area contributed by atoms with Crippen molar-refractivity contribution < 1.29 is 20.1 Å². The van der Waals surface area contributed by atoms with Crippen LogP contribution in [0.5, 0.6) is 11.5 Å². The number of benzene rings is 1. The third-order valence-corrected chi connectivity index (χ3v) is 5.68. The second kappa shape index (κ2) is 10.8. The number of fused-ring (bicyclic) bond motifs is 1. The van der Waals surface area contributed by atoms with Crippen LogP contribution in [-0.4, -0.2) is 33.1 Å². The molecule has 0 unspecified atom stereocenters.